The van der Waals surface area contributed by atoms with E-state index in [4.69, 9.17) is 0 Å². The minimum atomic E-state index is -4.51. The average molecular weight is 355 g/mol. The molecule has 0 bridgehead atoms. The molecule has 1 aliphatic rings. The Morgan fingerprint density at radius 2 is 1.75 bits per heavy atom. The van der Waals surface area contributed by atoms with Crippen molar-refractivity contribution in [1.29, 1.82) is 0 Å². The molecule has 6 heteroatoms. The van der Waals surface area contributed by atoms with Crippen LogP contribution >= 0.6 is 15.9 Å². The smallest absolute Gasteiger partial charge is 0.397 e. The van der Waals surface area contributed by atoms with Gasteiger partial charge in [0.2, 0.25) is 0 Å². The number of halogens is 5. The topological polar surface area (TPSA) is 20.2 Å². The van der Waals surface area contributed by atoms with E-state index in [2.05, 4.69) is 15.9 Å². The minimum absolute atomic E-state index is 0.191. The Labute approximate surface area is 123 Å². The van der Waals surface area contributed by atoms with Crippen molar-refractivity contribution >= 4 is 15.9 Å². The van der Waals surface area contributed by atoms with Gasteiger partial charge in [-0.25, -0.2) is 4.39 Å². The van der Waals surface area contributed by atoms with E-state index < -0.39 is 28.6 Å². The Kier molecular flexibility index (Phi) is 3.40. The molecule has 2 rings (SSSR count). The first-order valence-electron chi connectivity index (χ1n) is 6.20. The van der Waals surface area contributed by atoms with E-state index in [-0.39, 0.29) is 15.6 Å². The molecule has 1 fully saturated rings. The number of rotatable bonds is 2. The van der Waals surface area contributed by atoms with Gasteiger partial charge >= 0.3 is 6.18 Å². The van der Waals surface area contributed by atoms with E-state index >= 15 is 0 Å². The second-order valence-corrected chi connectivity index (χ2v) is 6.92. The number of hydrogen-bond donors (Lipinski definition) is 1. The van der Waals surface area contributed by atoms with Crippen molar-refractivity contribution in [3.8, 4) is 5.75 Å². The summed E-state index contributed by atoms with van der Waals surface area (Å²) in [5, 5.41) is 9.86. The van der Waals surface area contributed by atoms with Crippen molar-refractivity contribution in [1.82, 2.24) is 0 Å². The van der Waals surface area contributed by atoms with Crippen LogP contribution in [0.25, 0.3) is 0 Å². The third-order valence-corrected chi connectivity index (χ3v) is 4.99. The van der Waals surface area contributed by atoms with Gasteiger partial charge in [0, 0.05) is 5.56 Å². The first kappa shape index (κ1) is 15.6. The summed E-state index contributed by atoms with van der Waals surface area (Å²) in [7, 11) is 0. The van der Waals surface area contributed by atoms with Crippen LogP contribution in [-0.2, 0) is 10.8 Å². The molecule has 0 heterocycles. The fraction of sp³-hybridized carbons (Fsp3) is 0.571. The van der Waals surface area contributed by atoms with Gasteiger partial charge in [-0.05, 0) is 59.7 Å². The first-order valence-corrected chi connectivity index (χ1v) is 7.00. The predicted molar refractivity (Wildman–Crippen MR) is 71.4 cm³/mol. The Hall–Kier alpha value is -0.780. The van der Waals surface area contributed by atoms with Crippen LogP contribution in [0.15, 0.2) is 10.5 Å². The number of aromatic hydroxyl groups is 1. The molecule has 1 aromatic carbocycles. The van der Waals surface area contributed by atoms with Crippen molar-refractivity contribution in [3.63, 3.8) is 0 Å². The quantitative estimate of drug-likeness (QED) is 0.725. The van der Waals surface area contributed by atoms with E-state index in [0.29, 0.717) is 0 Å². The van der Waals surface area contributed by atoms with Gasteiger partial charge in [0.25, 0.3) is 0 Å². The van der Waals surface area contributed by atoms with Crippen LogP contribution in [0, 0.1) is 5.82 Å². The Balaban J connectivity index is 2.69. The van der Waals surface area contributed by atoms with Crippen LogP contribution in [0.2, 0.25) is 0 Å². The minimum Gasteiger partial charge on any atom is -0.505 e. The Morgan fingerprint density at radius 1 is 1.25 bits per heavy atom. The molecule has 0 atom stereocenters. The molecule has 1 N–H and O–H groups in total. The summed E-state index contributed by atoms with van der Waals surface area (Å²) in [6.07, 6.45) is -3.05. The van der Waals surface area contributed by atoms with Crippen molar-refractivity contribution in [2.45, 2.75) is 50.6 Å². The van der Waals surface area contributed by atoms with Gasteiger partial charge in [-0.1, -0.05) is 6.92 Å². The monoisotopic (exact) mass is 354 g/mol. The molecule has 112 valence electrons. The van der Waals surface area contributed by atoms with E-state index in [9.17, 15) is 22.7 Å². The largest absolute Gasteiger partial charge is 0.505 e. The molecule has 1 nitrogen and oxygen atoms in total. The molecule has 1 saturated carbocycles. The second kappa shape index (κ2) is 4.36. The Morgan fingerprint density at radius 3 is 2.15 bits per heavy atom. The van der Waals surface area contributed by atoms with Crippen LogP contribution in [0.5, 0.6) is 5.75 Å². The van der Waals surface area contributed by atoms with Crippen molar-refractivity contribution in [2.24, 2.45) is 0 Å². The van der Waals surface area contributed by atoms with Gasteiger partial charge in [-0.3, -0.25) is 0 Å². The lowest BCUT2D eigenvalue weighted by molar-refractivity contribution is -0.180. The van der Waals surface area contributed by atoms with Crippen molar-refractivity contribution in [2.75, 3.05) is 0 Å². The number of benzene rings is 1. The maximum Gasteiger partial charge on any atom is 0.397 e. The summed E-state index contributed by atoms with van der Waals surface area (Å²) >= 11 is 2.85. The highest BCUT2D eigenvalue weighted by Crippen LogP contribution is 2.54. The highest BCUT2D eigenvalue weighted by atomic mass is 79.9. The number of phenolic OH excluding ortho intramolecular Hbond substituents is 1. The molecule has 0 unspecified atom stereocenters. The summed E-state index contributed by atoms with van der Waals surface area (Å²) in [5.41, 5.74) is -2.57. The molecule has 0 amide bonds. The fourth-order valence-corrected chi connectivity index (χ4v) is 2.94. The van der Waals surface area contributed by atoms with Crippen LogP contribution in [0.1, 0.15) is 44.7 Å². The summed E-state index contributed by atoms with van der Waals surface area (Å²) in [5.74, 6) is -1.58. The zero-order valence-corrected chi connectivity index (χ0v) is 12.9. The lowest BCUT2D eigenvalue weighted by Gasteiger charge is -2.30. The Bertz CT molecular complexity index is 559. The molecule has 1 aliphatic carbocycles. The molecule has 0 spiro atoms. The molecule has 0 radical (unpaired) electrons. The maximum atomic E-state index is 14.1. The normalized spacial score (nSPS) is 18.2. The lowest BCUT2D eigenvalue weighted by atomic mass is 9.81. The van der Waals surface area contributed by atoms with E-state index in [1.807, 2.05) is 0 Å². The molecule has 0 aliphatic heterocycles. The third kappa shape index (κ3) is 2.22. The van der Waals surface area contributed by atoms with Crippen molar-refractivity contribution < 1.29 is 22.7 Å². The van der Waals surface area contributed by atoms with Gasteiger partial charge in [-0.2, -0.15) is 13.2 Å². The first-order chi connectivity index (χ1) is 8.92. The number of phenols is 1. The zero-order valence-electron chi connectivity index (χ0n) is 11.3. The maximum absolute atomic E-state index is 14.1. The van der Waals surface area contributed by atoms with E-state index in [0.717, 1.165) is 26.7 Å². The highest BCUT2D eigenvalue weighted by molar-refractivity contribution is 9.10. The fourth-order valence-electron chi connectivity index (χ4n) is 2.14. The van der Waals surface area contributed by atoms with Crippen LogP contribution in [0.4, 0.5) is 17.6 Å². The summed E-state index contributed by atoms with van der Waals surface area (Å²) in [6.45, 7) is 3.81. The molecular weight excluding hydrogens is 340 g/mol. The standard InChI is InChI=1S/C14H15BrF4O/c1-12(2,14(17,18)19)7-6-8(13(3)4-5-13)11(20)10(16)9(7)15/h6,20H,4-5H2,1-3H3. The van der Waals surface area contributed by atoms with Crippen LogP contribution < -0.4 is 0 Å². The van der Waals surface area contributed by atoms with E-state index in [1.165, 1.54) is 6.07 Å². The SMILES string of the molecule is CC1(c2cc(C(C)(C)C(F)(F)F)c(Br)c(F)c2O)CC1. The molecule has 1 aromatic rings. The molecule has 0 saturated heterocycles. The summed E-state index contributed by atoms with van der Waals surface area (Å²) in [6, 6.07) is 1.28. The number of alkyl halides is 3. The van der Waals surface area contributed by atoms with Gasteiger partial charge in [-0.15, -0.1) is 0 Å². The summed E-state index contributed by atoms with van der Waals surface area (Å²) < 4.78 is 53.2. The van der Waals surface area contributed by atoms with Gasteiger partial charge in [0.15, 0.2) is 11.6 Å². The highest BCUT2D eigenvalue weighted by Gasteiger charge is 2.51. The average Bonchev–Trinajstić information content (AvgIpc) is 3.03. The van der Waals surface area contributed by atoms with E-state index in [1.54, 1.807) is 6.92 Å². The van der Waals surface area contributed by atoms with Crippen LogP contribution in [0.3, 0.4) is 0 Å². The van der Waals surface area contributed by atoms with Gasteiger partial charge in [0.05, 0.1) is 9.89 Å². The second-order valence-electron chi connectivity index (χ2n) is 6.13. The van der Waals surface area contributed by atoms with Gasteiger partial charge < -0.3 is 5.11 Å². The molecular formula is C14H15BrF4O. The number of hydrogen-bond acceptors (Lipinski definition) is 1. The molecule has 20 heavy (non-hydrogen) atoms. The zero-order chi connectivity index (χ0) is 15.5. The summed E-state index contributed by atoms with van der Waals surface area (Å²) in [4.78, 5) is 0. The predicted octanol–water partition coefficient (Wildman–Crippen LogP) is 5.19. The van der Waals surface area contributed by atoms with Crippen LogP contribution in [-0.4, -0.2) is 11.3 Å². The van der Waals surface area contributed by atoms with Crippen molar-refractivity contribution in [3.05, 3.63) is 27.5 Å². The van der Waals surface area contributed by atoms with Gasteiger partial charge in [0.1, 0.15) is 0 Å². The lowest BCUT2D eigenvalue weighted by Crippen LogP contribution is -2.37. The molecule has 0 aromatic heterocycles. The third-order valence-electron chi connectivity index (χ3n) is 4.21.